The number of benzene rings is 4. The third kappa shape index (κ3) is 5.47. The van der Waals surface area contributed by atoms with Crippen molar-refractivity contribution >= 4 is 45.4 Å². The summed E-state index contributed by atoms with van der Waals surface area (Å²) in [6, 6.07) is 30.5. The molecule has 1 aliphatic rings. The van der Waals surface area contributed by atoms with Gasteiger partial charge in [-0.2, -0.15) is 0 Å². The predicted octanol–water partition coefficient (Wildman–Crippen LogP) is 8.13. The van der Waals surface area contributed by atoms with Gasteiger partial charge in [-0.1, -0.05) is 85.3 Å². The quantitative estimate of drug-likeness (QED) is 0.238. The van der Waals surface area contributed by atoms with Gasteiger partial charge in [0, 0.05) is 11.6 Å². The van der Waals surface area contributed by atoms with Crippen molar-refractivity contribution in [2.75, 3.05) is 0 Å². The van der Waals surface area contributed by atoms with Crippen LogP contribution in [-0.4, -0.2) is 22.0 Å². The summed E-state index contributed by atoms with van der Waals surface area (Å²) in [5.74, 6) is 0.731. The smallest absolute Gasteiger partial charge is 0.267 e. The van der Waals surface area contributed by atoms with E-state index in [2.05, 4.69) is 39.0 Å². The molecule has 0 saturated carbocycles. The molecule has 0 N–H and O–H groups in total. The van der Waals surface area contributed by atoms with Gasteiger partial charge < -0.3 is 4.74 Å². The van der Waals surface area contributed by atoms with Crippen LogP contribution in [0.5, 0.6) is 5.75 Å². The lowest BCUT2D eigenvalue weighted by Gasteiger charge is -2.22. The number of aliphatic imine (C=N–C) groups is 1. The van der Waals surface area contributed by atoms with E-state index in [1.54, 1.807) is 0 Å². The molecule has 4 nitrogen and oxygen atoms in total. The number of carbonyl (C=O) groups excluding carboxylic acids is 1. The highest BCUT2D eigenvalue weighted by atomic mass is 32.2. The molecule has 0 radical (unpaired) electrons. The molecule has 1 amide bonds. The standard InChI is InChI=1S/C32H30N2O2S/c1-4-23(3)34-31(35)30(37-32(34)33-26-17-14-22(2)15-18-26)20-28-27-13-9-8-12-25(27)16-19-29(28)36-21-24-10-6-5-7-11-24/h5-20,23H,4,21H2,1-3H3/b30-20+,33-32?/t23-/m1/s1. The van der Waals surface area contributed by atoms with Gasteiger partial charge in [0.2, 0.25) is 0 Å². The molecule has 1 aliphatic heterocycles. The van der Waals surface area contributed by atoms with Gasteiger partial charge in [-0.25, -0.2) is 4.99 Å². The van der Waals surface area contributed by atoms with E-state index in [9.17, 15) is 4.79 Å². The van der Waals surface area contributed by atoms with Crippen LogP contribution in [0.1, 0.15) is 37.0 Å². The molecule has 1 fully saturated rings. The average molecular weight is 507 g/mol. The van der Waals surface area contributed by atoms with Crippen LogP contribution >= 0.6 is 11.8 Å². The average Bonchev–Trinajstić information content (AvgIpc) is 3.23. The Kier molecular flexibility index (Phi) is 7.42. The molecule has 0 spiro atoms. The molecule has 1 saturated heterocycles. The minimum Gasteiger partial charge on any atom is -0.488 e. The number of rotatable bonds is 7. The lowest BCUT2D eigenvalue weighted by Crippen LogP contribution is -2.36. The third-order valence-electron chi connectivity index (χ3n) is 6.57. The molecule has 1 atom stereocenters. The number of fused-ring (bicyclic) bond motifs is 1. The molecular formula is C32H30N2O2S. The number of thioether (sulfide) groups is 1. The minimum atomic E-state index is -0.0212. The molecule has 186 valence electrons. The Balaban J connectivity index is 1.56. The summed E-state index contributed by atoms with van der Waals surface area (Å²) in [5, 5.41) is 2.86. The number of nitrogens with zero attached hydrogens (tertiary/aromatic N) is 2. The van der Waals surface area contributed by atoms with Crippen LogP contribution in [0.25, 0.3) is 16.8 Å². The SMILES string of the molecule is CC[C@@H](C)N1C(=O)/C(=C\c2c(OCc3ccccc3)ccc3ccccc23)SC1=Nc1ccc(C)cc1. The summed E-state index contributed by atoms with van der Waals surface area (Å²) in [6.45, 7) is 6.67. The second kappa shape index (κ2) is 11.1. The molecule has 5 rings (SSSR count). The predicted molar refractivity (Wildman–Crippen MR) is 155 cm³/mol. The first-order chi connectivity index (χ1) is 18.0. The van der Waals surface area contributed by atoms with Crippen molar-refractivity contribution in [3.05, 3.63) is 113 Å². The van der Waals surface area contributed by atoms with Gasteiger partial charge in [-0.15, -0.1) is 0 Å². The summed E-state index contributed by atoms with van der Waals surface area (Å²) < 4.78 is 6.30. The summed E-state index contributed by atoms with van der Waals surface area (Å²) in [4.78, 5) is 21.0. The van der Waals surface area contributed by atoms with E-state index >= 15 is 0 Å². The fourth-order valence-electron chi connectivity index (χ4n) is 4.28. The van der Waals surface area contributed by atoms with E-state index in [1.165, 1.54) is 17.3 Å². The minimum absolute atomic E-state index is 0.0212. The van der Waals surface area contributed by atoms with Crippen LogP contribution in [0.2, 0.25) is 0 Å². The first-order valence-corrected chi connectivity index (χ1v) is 13.4. The third-order valence-corrected chi connectivity index (χ3v) is 7.55. The Hall–Kier alpha value is -3.83. The molecule has 1 heterocycles. The van der Waals surface area contributed by atoms with Crippen molar-refractivity contribution < 1.29 is 9.53 Å². The van der Waals surface area contributed by atoms with Gasteiger partial charge in [-0.05, 0) is 72.6 Å². The van der Waals surface area contributed by atoms with Gasteiger partial charge in [0.05, 0.1) is 10.6 Å². The number of carbonyl (C=O) groups is 1. The van der Waals surface area contributed by atoms with E-state index in [0.29, 0.717) is 16.7 Å². The highest BCUT2D eigenvalue weighted by Crippen LogP contribution is 2.39. The number of hydrogen-bond donors (Lipinski definition) is 0. The molecule has 4 aromatic rings. The molecular weight excluding hydrogens is 476 g/mol. The monoisotopic (exact) mass is 506 g/mol. The molecule has 0 aliphatic carbocycles. The Morgan fingerprint density at radius 2 is 1.68 bits per heavy atom. The van der Waals surface area contributed by atoms with Gasteiger partial charge in [0.25, 0.3) is 5.91 Å². The van der Waals surface area contributed by atoms with Gasteiger partial charge in [0.15, 0.2) is 5.17 Å². The van der Waals surface area contributed by atoms with E-state index in [-0.39, 0.29) is 11.9 Å². The maximum Gasteiger partial charge on any atom is 0.267 e. The van der Waals surface area contributed by atoms with E-state index in [0.717, 1.165) is 39.8 Å². The second-order valence-electron chi connectivity index (χ2n) is 9.25. The fraction of sp³-hybridized carbons (Fsp3) is 0.188. The Bertz CT molecular complexity index is 1480. The van der Waals surface area contributed by atoms with E-state index < -0.39 is 0 Å². The van der Waals surface area contributed by atoms with Crippen LogP contribution in [0.15, 0.2) is 101 Å². The number of aryl methyl sites for hydroxylation is 1. The number of hydrogen-bond acceptors (Lipinski definition) is 4. The van der Waals surface area contributed by atoms with Crippen molar-refractivity contribution in [2.45, 2.75) is 39.8 Å². The van der Waals surface area contributed by atoms with Crippen LogP contribution in [0.3, 0.4) is 0 Å². The molecule has 0 unspecified atom stereocenters. The molecule has 0 bridgehead atoms. The summed E-state index contributed by atoms with van der Waals surface area (Å²) >= 11 is 1.43. The molecule has 5 heteroatoms. The largest absolute Gasteiger partial charge is 0.488 e. The van der Waals surface area contributed by atoms with Crippen LogP contribution in [0, 0.1) is 6.92 Å². The highest BCUT2D eigenvalue weighted by molar-refractivity contribution is 8.18. The Morgan fingerprint density at radius 1 is 0.946 bits per heavy atom. The van der Waals surface area contributed by atoms with E-state index in [1.807, 2.05) is 83.8 Å². The van der Waals surface area contributed by atoms with Gasteiger partial charge in [-0.3, -0.25) is 9.69 Å². The van der Waals surface area contributed by atoms with Crippen molar-refractivity contribution in [2.24, 2.45) is 4.99 Å². The first kappa shape index (κ1) is 24.8. The van der Waals surface area contributed by atoms with Crippen LogP contribution in [-0.2, 0) is 11.4 Å². The van der Waals surface area contributed by atoms with Crippen molar-refractivity contribution in [1.82, 2.24) is 4.90 Å². The summed E-state index contributed by atoms with van der Waals surface area (Å²) in [7, 11) is 0. The number of amidine groups is 1. The van der Waals surface area contributed by atoms with Gasteiger partial charge in [0.1, 0.15) is 12.4 Å². The van der Waals surface area contributed by atoms with Crippen molar-refractivity contribution in [3.63, 3.8) is 0 Å². The number of ether oxygens (including phenoxy) is 1. The molecule has 37 heavy (non-hydrogen) atoms. The Morgan fingerprint density at radius 3 is 2.43 bits per heavy atom. The lowest BCUT2D eigenvalue weighted by atomic mass is 10.0. The maximum atomic E-state index is 13.7. The second-order valence-corrected chi connectivity index (χ2v) is 10.3. The van der Waals surface area contributed by atoms with Crippen LogP contribution < -0.4 is 4.74 Å². The van der Waals surface area contributed by atoms with Gasteiger partial charge >= 0.3 is 0 Å². The van der Waals surface area contributed by atoms with Crippen molar-refractivity contribution in [1.29, 1.82) is 0 Å². The van der Waals surface area contributed by atoms with Crippen LogP contribution in [0.4, 0.5) is 5.69 Å². The van der Waals surface area contributed by atoms with E-state index in [4.69, 9.17) is 9.73 Å². The topological polar surface area (TPSA) is 41.9 Å². The Labute approximate surface area is 222 Å². The fourth-order valence-corrected chi connectivity index (χ4v) is 5.35. The maximum absolute atomic E-state index is 13.7. The van der Waals surface area contributed by atoms with Crippen molar-refractivity contribution in [3.8, 4) is 5.75 Å². The zero-order valence-corrected chi connectivity index (χ0v) is 22.2. The lowest BCUT2D eigenvalue weighted by molar-refractivity contribution is -0.123. The zero-order chi connectivity index (χ0) is 25.8. The normalized spacial score (nSPS) is 16.6. The first-order valence-electron chi connectivity index (χ1n) is 12.6. The number of amides is 1. The molecule has 4 aromatic carbocycles. The highest BCUT2D eigenvalue weighted by Gasteiger charge is 2.36. The summed E-state index contributed by atoms with van der Waals surface area (Å²) in [5.41, 5.74) is 4.02. The zero-order valence-electron chi connectivity index (χ0n) is 21.3. The summed E-state index contributed by atoms with van der Waals surface area (Å²) in [6.07, 6.45) is 2.81. The molecule has 0 aromatic heterocycles.